The van der Waals surface area contributed by atoms with Crippen LogP contribution in [0.4, 0.5) is 0 Å². The van der Waals surface area contributed by atoms with E-state index in [0.717, 1.165) is 6.42 Å². The minimum atomic E-state index is 0.497. The topological polar surface area (TPSA) is 12.0 Å². The Labute approximate surface area is 129 Å². The molecule has 0 spiro atoms. The summed E-state index contributed by atoms with van der Waals surface area (Å²) < 4.78 is 1.19. The third-order valence-corrected chi connectivity index (χ3v) is 4.55. The first-order chi connectivity index (χ1) is 9.72. The molecule has 1 aliphatic carbocycles. The lowest BCUT2D eigenvalue weighted by Crippen LogP contribution is -2.31. The van der Waals surface area contributed by atoms with Crippen molar-refractivity contribution in [3.8, 4) is 0 Å². The molecule has 0 saturated heterocycles. The highest BCUT2D eigenvalue weighted by molar-refractivity contribution is 9.10. The van der Waals surface area contributed by atoms with Gasteiger partial charge in [0.2, 0.25) is 0 Å². The second kappa shape index (κ2) is 6.11. The van der Waals surface area contributed by atoms with Crippen molar-refractivity contribution in [2.45, 2.75) is 38.3 Å². The molecule has 0 fully saturated rings. The van der Waals surface area contributed by atoms with Gasteiger partial charge in [0.25, 0.3) is 0 Å². The van der Waals surface area contributed by atoms with Gasteiger partial charge in [-0.25, -0.2) is 0 Å². The predicted octanol–water partition coefficient (Wildman–Crippen LogP) is 4.66. The molecule has 2 aromatic carbocycles. The highest BCUT2D eigenvalue weighted by Crippen LogP contribution is 2.33. The molecular formula is C18H20BrN. The van der Waals surface area contributed by atoms with Crippen LogP contribution in [0.2, 0.25) is 0 Å². The number of hydrogen-bond donors (Lipinski definition) is 1. The summed E-state index contributed by atoms with van der Waals surface area (Å²) in [7, 11) is 0. The van der Waals surface area contributed by atoms with E-state index < -0.39 is 0 Å². The molecule has 1 nitrogen and oxygen atoms in total. The summed E-state index contributed by atoms with van der Waals surface area (Å²) in [6.07, 6.45) is 3.48. The molecule has 2 atom stereocenters. The second-order valence-corrected chi connectivity index (χ2v) is 6.61. The van der Waals surface area contributed by atoms with Crippen molar-refractivity contribution in [3.05, 3.63) is 69.7 Å². The Balaban J connectivity index is 1.65. The van der Waals surface area contributed by atoms with Crippen LogP contribution in [-0.2, 0) is 12.8 Å². The highest BCUT2D eigenvalue weighted by atomic mass is 79.9. The van der Waals surface area contributed by atoms with Gasteiger partial charge in [-0.3, -0.25) is 0 Å². The van der Waals surface area contributed by atoms with Crippen LogP contribution < -0.4 is 5.32 Å². The van der Waals surface area contributed by atoms with Crippen LogP contribution in [0.15, 0.2) is 53.0 Å². The summed E-state index contributed by atoms with van der Waals surface area (Å²) in [6.45, 7) is 2.28. The molecule has 2 aromatic rings. The average molecular weight is 330 g/mol. The number of aryl methyl sites for hydroxylation is 1. The van der Waals surface area contributed by atoms with Crippen molar-refractivity contribution in [3.63, 3.8) is 0 Å². The molecule has 1 N–H and O–H groups in total. The van der Waals surface area contributed by atoms with Crippen LogP contribution in [0.1, 0.15) is 36.1 Å². The number of nitrogens with one attached hydrogen (secondary N) is 1. The lowest BCUT2D eigenvalue weighted by Gasteiger charge is -2.20. The van der Waals surface area contributed by atoms with Gasteiger partial charge >= 0.3 is 0 Å². The zero-order valence-corrected chi connectivity index (χ0v) is 13.4. The lowest BCUT2D eigenvalue weighted by atomic mass is 10.0. The van der Waals surface area contributed by atoms with Gasteiger partial charge in [-0.05, 0) is 55.0 Å². The van der Waals surface area contributed by atoms with Gasteiger partial charge in [-0.15, -0.1) is 0 Å². The minimum absolute atomic E-state index is 0.497. The first kappa shape index (κ1) is 13.8. The molecule has 2 heteroatoms. The number of fused-ring (bicyclic) bond motifs is 1. The Morgan fingerprint density at radius 1 is 1.20 bits per heavy atom. The molecule has 2 unspecified atom stereocenters. The van der Waals surface area contributed by atoms with Crippen LogP contribution >= 0.6 is 15.9 Å². The Bertz CT molecular complexity index is 579. The van der Waals surface area contributed by atoms with E-state index in [1.165, 1.54) is 34.0 Å². The molecule has 3 rings (SSSR count). The molecule has 0 aromatic heterocycles. The SMILES string of the molecule is CC(Cc1ccccc1)NC1CCc2cc(Br)ccc21. The van der Waals surface area contributed by atoms with E-state index >= 15 is 0 Å². The molecule has 20 heavy (non-hydrogen) atoms. The quantitative estimate of drug-likeness (QED) is 0.860. The van der Waals surface area contributed by atoms with E-state index in [1.54, 1.807) is 0 Å². The standard InChI is InChI=1S/C18H20BrN/c1-13(11-14-5-3-2-4-6-14)20-18-10-7-15-12-16(19)8-9-17(15)18/h2-6,8-9,12-13,18,20H,7,10-11H2,1H3. The summed E-state index contributed by atoms with van der Waals surface area (Å²) in [5, 5.41) is 3.79. The average Bonchev–Trinajstić information content (AvgIpc) is 2.82. The van der Waals surface area contributed by atoms with Crippen LogP contribution in [-0.4, -0.2) is 6.04 Å². The Morgan fingerprint density at radius 2 is 2.00 bits per heavy atom. The van der Waals surface area contributed by atoms with Crippen LogP contribution in [0.25, 0.3) is 0 Å². The maximum absolute atomic E-state index is 3.79. The molecule has 0 radical (unpaired) electrons. The summed E-state index contributed by atoms with van der Waals surface area (Å²) in [5.74, 6) is 0. The summed E-state index contributed by atoms with van der Waals surface area (Å²) in [5.41, 5.74) is 4.37. The van der Waals surface area contributed by atoms with E-state index in [4.69, 9.17) is 0 Å². The zero-order valence-electron chi connectivity index (χ0n) is 11.8. The van der Waals surface area contributed by atoms with E-state index in [0.29, 0.717) is 12.1 Å². The minimum Gasteiger partial charge on any atom is -0.307 e. The number of benzene rings is 2. The van der Waals surface area contributed by atoms with Crippen LogP contribution in [0, 0.1) is 0 Å². The number of halogens is 1. The fraction of sp³-hybridized carbons (Fsp3) is 0.333. The van der Waals surface area contributed by atoms with Gasteiger partial charge in [0.15, 0.2) is 0 Å². The fourth-order valence-corrected chi connectivity index (χ4v) is 3.54. The van der Waals surface area contributed by atoms with Crippen LogP contribution in [0.5, 0.6) is 0 Å². The van der Waals surface area contributed by atoms with Crippen molar-refractivity contribution in [2.75, 3.05) is 0 Å². The van der Waals surface area contributed by atoms with Crippen molar-refractivity contribution in [1.82, 2.24) is 5.32 Å². The zero-order chi connectivity index (χ0) is 13.9. The van der Waals surface area contributed by atoms with Crippen LogP contribution in [0.3, 0.4) is 0 Å². The predicted molar refractivity (Wildman–Crippen MR) is 87.9 cm³/mol. The molecule has 0 bridgehead atoms. The first-order valence-electron chi connectivity index (χ1n) is 7.30. The molecule has 0 saturated carbocycles. The van der Waals surface area contributed by atoms with Gasteiger partial charge in [0, 0.05) is 16.6 Å². The van der Waals surface area contributed by atoms with E-state index in [-0.39, 0.29) is 0 Å². The summed E-state index contributed by atoms with van der Waals surface area (Å²) in [6, 6.07) is 18.4. The van der Waals surface area contributed by atoms with Gasteiger partial charge < -0.3 is 5.32 Å². The number of hydrogen-bond acceptors (Lipinski definition) is 1. The van der Waals surface area contributed by atoms with Gasteiger partial charge in [-0.1, -0.05) is 52.3 Å². The molecule has 1 aliphatic rings. The van der Waals surface area contributed by atoms with Gasteiger partial charge in [0.1, 0.15) is 0 Å². The smallest absolute Gasteiger partial charge is 0.0328 e. The van der Waals surface area contributed by atoms with Crippen molar-refractivity contribution >= 4 is 15.9 Å². The third-order valence-electron chi connectivity index (χ3n) is 4.05. The van der Waals surface area contributed by atoms with E-state index in [2.05, 4.69) is 76.7 Å². The molecule has 0 amide bonds. The number of rotatable bonds is 4. The van der Waals surface area contributed by atoms with Crippen molar-refractivity contribution in [1.29, 1.82) is 0 Å². The largest absolute Gasteiger partial charge is 0.307 e. The lowest BCUT2D eigenvalue weighted by molar-refractivity contribution is 0.451. The summed E-state index contributed by atoms with van der Waals surface area (Å²) in [4.78, 5) is 0. The third kappa shape index (κ3) is 3.13. The molecule has 104 valence electrons. The molecular weight excluding hydrogens is 310 g/mol. The maximum atomic E-state index is 3.79. The molecule has 0 aliphatic heterocycles. The Hall–Kier alpha value is -1.12. The van der Waals surface area contributed by atoms with E-state index in [9.17, 15) is 0 Å². The summed E-state index contributed by atoms with van der Waals surface area (Å²) >= 11 is 3.56. The Kier molecular flexibility index (Phi) is 4.23. The Morgan fingerprint density at radius 3 is 2.80 bits per heavy atom. The van der Waals surface area contributed by atoms with Crippen molar-refractivity contribution < 1.29 is 0 Å². The van der Waals surface area contributed by atoms with E-state index in [1.807, 2.05) is 0 Å². The first-order valence-corrected chi connectivity index (χ1v) is 8.10. The normalized spacial score (nSPS) is 18.8. The highest BCUT2D eigenvalue weighted by Gasteiger charge is 2.23. The van der Waals surface area contributed by atoms with Crippen molar-refractivity contribution in [2.24, 2.45) is 0 Å². The van der Waals surface area contributed by atoms with Gasteiger partial charge in [-0.2, -0.15) is 0 Å². The van der Waals surface area contributed by atoms with Gasteiger partial charge in [0.05, 0.1) is 0 Å². The monoisotopic (exact) mass is 329 g/mol. The fourth-order valence-electron chi connectivity index (χ4n) is 3.13. The maximum Gasteiger partial charge on any atom is 0.0328 e. The molecule has 0 heterocycles. The second-order valence-electron chi connectivity index (χ2n) is 5.69.